The van der Waals surface area contributed by atoms with E-state index in [9.17, 15) is 14.3 Å². The van der Waals surface area contributed by atoms with E-state index >= 15 is 0 Å². The number of nitrogens with zero attached hydrogens (tertiary/aromatic N) is 3. The molecule has 0 unspecified atom stereocenters. The fourth-order valence-corrected chi connectivity index (χ4v) is 4.61. The maximum absolute atomic E-state index is 13.5. The lowest BCUT2D eigenvalue weighted by Crippen LogP contribution is -2.57. The van der Waals surface area contributed by atoms with Gasteiger partial charge in [0.05, 0.1) is 24.0 Å². The third kappa shape index (κ3) is 3.10. The molecule has 1 amide bonds. The van der Waals surface area contributed by atoms with E-state index in [0.29, 0.717) is 18.7 Å². The van der Waals surface area contributed by atoms with Gasteiger partial charge in [-0.25, -0.2) is 9.37 Å². The molecule has 0 saturated carbocycles. The summed E-state index contributed by atoms with van der Waals surface area (Å²) < 4.78 is 13.5. The number of carbonyl (C=O) groups excluding carboxylic acids is 1. The number of rotatable bonds is 3. The van der Waals surface area contributed by atoms with Crippen molar-refractivity contribution in [1.82, 2.24) is 19.8 Å². The number of aromatic amines is 1. The van der Waals surface area contributed by atoms with Crippen molar-refractivity contribution in [2.45, 2.75) is 38.1 Å². The topological polar surface area (TPSA) is 72.5 Å². The largest absolute Gasteiger partial charge is 0.505 e. The average Bonchev–Trinajstić information content (AvgIpc) is 3.16. The number of fused-ring (bicyclic) bond motifs is 2. The zero-order valence-corrected chi connectivity index (χ0v) is 15.5. The minimum atomic E-state index is -0.690. The maximum Gasteiger partial charge on any atom is 0.226 e. The molecule has 2 N–H and O–H groups in total. The number of hydrogen-bond acceptors (Lipinski definition) is 4. The number of carbonyl (C=O) groups is 1. The van der Waals surface area contributed by atoms with E-state index in [4.69, 9.17) is 0 Å². The van der Waals surface area contributed by atoms with Gasteiger partial charge in [0.25, 0.3) is 0 Å². The molecule has 27 heavy (non-hydrogen) atoms. The van der Waals surface area contributed by atoms with E-state index in [1.807, 2.05) is 4.90 Å². The van der Waals surface area contributed by atoms with Gasteiger partial charge in [-0.05, 0) is 37.1 Å². The smallest absolute Gasteiger partial charge is 0.226 e. The Morgan fingerprint density at radius 2 is 2.11 bits per heavy atom. The van der Waals surface area contributed by atoms with E-state index in [2.05, 4.69) is 21.8 Å². The molecule has 3 heterocycles. The zero-order valence-electron chi connectivity index (χ0n) is 15.5. The highest BCUT2D eigenvalue weighted by atomic mass is 19.1. The zero-order chi connectivity index (χ0) is 19.0. The summed E-state index contributed by atoms with van der Waals surface area (Å²) >= 11 is 0. The van der Waals surface area contributed by atoms with Gasteiger partial charge in [0, 0.05) is 31.7 Å². The van der Waals surface area contributed by atoms with E-state index in [1.165, 1.54) is 17.8 Å². The molecular weight excluding hydrogens is 347 g/mol. The molecule has 144 valence electrons. The molecule has 0 atom stereocenters. The predicted molar refractivity (Wildman–Crippen MR) is 98.8 cm³/mol. The summed E-state index contributed by atoms with van der Waals surface area (Å²) in [4.78, 5) is 24.9. The van der Waals surface area contributed by atoms with Crippen LogP contribution in [0.3, 0.4) is 0 Å². The highest BCUT2D eigenvalue weighted by Gasteiger charge is 2.46. The Morgan fingerprint density at radius 1 is 1.33 bits per heavy atom. The van der Waals surface area contributed by atoms with Crippen molar-refractivity contribution in [2.24, 2.45) is 0 Å². The molecule has 2 aromatic rings. The van der Waals surface area contributed by atoms with Gasteiger partial charge in [-0.2, -0.15) is 0 Å². The highest BCUT2D eigenvalue weighted by Crippen LogP contribution is 2.42. The van der Waals surface area contributed by atoms with Gasteiger partial charge in [-0.3, -0.25) is 9.69 Å². The van der Waals surface area contributed by atoms with Gasteiger partial charge in [-0.15, -0.1) is 0 Å². The Hall–Kier alpha value is -2.41. The van der Waals surface area contributed by atoms with Gasteiger partial charge >= 0.3 is 0 Å². The van der Waals surface area contributed by atoms with Crippen LogP contribution < -0.4 is 0 Å². The number of phenols is 1. The van der Waals surface area contributed by atoms with E-state index in [-0.39, 0.29) is 17.9 Å². The molecule has 1 aromatic heterocycles. The molecule has 0 bridgehead atoms. The number of nitrogens with one attached hydrogen (secondary N) is 1. The van der Waals surface area contributed by atoms with Gasteiger partial charge < -0.3 is 15.0 Å². The number of halogens is 1. The second-order valence-electron chi connectivity index (χ2n) is 7.43. The molecule has 0 radical (unpaired) electrons. The summed E-state index contributed by atoms with van der Waals surface area (Å²) in [5.74, 6) is -1.08. The van der Waals surface area contributed by atoms with Crippen molar-refractivity contribution in [1.29, 1.82) is 0 Å². The molecule has 1 aromatic carbocycles. The molecule has 6 nitrogen and oxygen atoms in total. The normalized spacial score (nSPS) is 19.3. The van der Waals surface area contributed by atoms with E-state index < -0.39 is 11.6 Å². The van der Waals surface area contributed by atoms with Crippen LogP contribution in [0.1, 0.15) is 36.7 Å². The molecule has 1 saturated heterocycles. The number of amides is 1. The van der Waals surface area contributed by atoms with Crippen LogP contribution in [-0.2, 0) is 23.2 Å². The van der Waals surface area contributed by atoms with Crippen LogP contribution in [0.5, 0.6) is 5.75 Å². The number of piperidine rings is 1. The summed E-state index contributed by atoms with van der Waals surface area (Å²) in [6.07, 6.45) is 4.63. The van der Waals surface area contributed by atoms with Crippen molar-refractivity contribution in [3.8, 4) is 5.75 Å². The van der Waals surface area contributed by atoms with Crippen LogP contribution in [-0.4, -0.2) is 57.0 Å². The summed E-state index contributed by atoms with van der Waals surface area (Å²) in [6, 6.07) is 4.12. The molecule has 4 rings (SSSR count). The minimum Gasteiger partial charge on any atom is -0.505 e. The average molecular weight is 372 g/mol. The SMILES string of the molecule is CCN1CCc2[nH]cnc2C12CCN(C(=O)Cc1ccc(O)c(F)c1)CC2. The van der Waals surface area contributed by atoms with Gasteiger partial charge in [0.1, 0.15) is 0 Å². The first kappa shape index (κ1) is 18.0. The fourth-order valence-electron chi connectivity index (χ4n) is 4.61. The second kappa shape index (κ2) is 6.96. The quantitative estimate of drug-likeness (QED) is 0.866. The lowest BCUT2D eigenvalue weighted by atomic mass is 9.78. The van der Waals surface area contributed by atoms with E-state index in [0.717, 1.165) is 38.0 Å². The van der Waals surface area contributed by atoms with Crippen molar-refractivity contribution < 1.29 is 14.3 Å². The van der Waals surface area contributed by atoms with Crippen molar-refractivity contribution in [2.75, 3.05) is 26.2 Å². The minimum absolute atomic E-state index is 0.00366. The highest BCUT2D eigenvalue weighted by molar-refractivity contribution is 5.79. The molecule has 0 aliphatic carbocycles. The Balaban J connectivity index is 1.47. The van der Waals surface area contributed by atoms with Crippen LogP contribution in [0.15, 0.2) is 24.5 Å². The van der Waals surface area contributed by atoms with Gasteiger partial charge in [0.2, 0.25) is 5.91 Å². The lowest BCUT2D eigenvalue weighted by molar-refractivity contribution is -0.133. The van der Waals surface area contributed by atoms with Crippen LogP contribution in [0, 0.1) is 5.82 Å². The van der Waals surface area contributed by atoms with Crippen molar-refractivity contribution >= 4 is 5.91 Å². The first-order valence-electron chi connectivity index (χ1n) is 9.56. The van der Waals surface area contributed by atoms with Crippen LogP contribution >= 0.6 is 0 Å². The van der Waals surface area contributed by atoms with Gasteiger partial charge in [0.15, 0.2) is 11.6 Å². The Morgan fingerprint density at radius 3 is 2.81 bits per heavy atom. The second-order valence-corrected chi connectivity index (χ2v) is 7.43. The number of likely N-dealkylation sites (tertiary alicyclic amines) is 1. The predicted octanol–water partition coefficient (Wildman–Crippen LogP) is 2.19. The molecule has 1 spiro atoms. The van der Waals surface area contributed by atoms with Gasteiger partial charge in [-0.1, -0.05) is 13.0 Å². The van der Waals surface area contributed by atoms with Crippen LogP contribution in [0.4, 0.5) is 4.39 Å². The standard InChI is InChI=1S/C20H25FN4O2/c1-2-25-8-5-16-19(23-13-22-16)20(25)6-9-24(10-7-20)18(27)12-14-3-4-17(26)15(21)11-14/h3-4,11,13,26H,2,5-10,12H2,1H3,(H,22,23). The number of benzene rings is 1. The van der Waals surface area contributed by atoms with Crippen molar-refractivity contribution in [3.05, 3.63) is 47.3 Å². The Labute approximate surface area is 158 Å². The first-order chi connectivity index (χ1) is 13.0. The number of H-pyrrole nitrogens is 1. The number of phenolic OH excluding ortho intramolecular Hbond substituents is 1. The lowest BCUT2D eigenvalue weighted by Gasteiger charge is -2.50. The number of imidazole rings is 1. The molecular formula is C20H25FN4O2. The summed E-state index contributed by atoms with van der Waals surface area (Å²) in [5, 5.41) is 9.29. The Bertz CT molecular complexity index is 842. The van der Waals surface area contributed by atoms with Crippen LogP contribution in [0.2, 0.25) is 0 Å². The summed E-state index contributed by atoms with van der Waals surface area (Å²) in [6.45, 7) is 5.49. The van der Waals surface area contributed by atoms with E-state index in [1.54, 1.807) is 12.4 Å². The number of aromatic hydroxyl groups is 1. The summed E-state index contributed by atoms with van der Waals surface area (Å²) in [7, 11) is 0. The molecule has 1 fully saturated rings. The molecule has 2 aliphatic heterocycles. The first-order valence-corrected chi connectivity index (χ1v) is 9.56. The fraction of sp³-hybridized carbons (Fsp3) is 0.500. The maximum atomic E-state index is 13.5. The molecule has 2 aliphatic rings. The third-order valence-electron chi connectivity index (χ3n) is 6.09. The Kier molecular flexibility index (Phi) is 4.63. The number of aromatic nitrogens is 2. The number of likely N-dealkylation sites (N-methyl/N-ethyl adjacent to an activating group) is 1. The third-order valence-corrected chi connectivity index (χ3v) is 6.09. The number of hydrogen-bond donors (Lipinski definition) is 2. The van der Waals surface area contributed by atoms with Crippen LogP contribution in [0.25, 0.3) is 0 Å². The molecule has 7 heteroatoms. The van der Waals surface area contributed by atoms with Crippen molar-refractivity contribution in [3.63, 3.8) is 0 Å². The summed E-state index contributed by atoms with van der Waals surface area (Å²) in [5.41, 5.74) is 2.85. The monoisotopic (exact) mass is 372 g/mol.